The minimum atomic E-state index is -0.483. The molecule has 1 unspecified atom stereocenters. The summed E-state index contributed by atoms with van der Waals surface area (Å²) in [6.45, 7) is 7.06. The van der Waals surface area contributed by atoms with Gasteiger partial charge in [-0.3, -0.25) is 0 Å². The lowest BCUT2D eigenvalue weighted by atomic mass is 10.2. The van der Waals surface area contributed by atoms with E-state index in [1.54, 1.807) is 6.07 Å². The second-order valence-corrected chi connectivity index (χ2v) is 8.05. The normalized spacial score (nSPS) is 17.9. The van der Waals surface area contributed by atoms with Crippen molar-refractivity contribution < 1.29 is 9.53 Å². The second kappa shape index (κ2) is 7.78. The van der Waals surface area contributed by atoms with Crippen LogP contribution in [0.2, 0.25) is 5.15 Å². The van der Waals surface area contributed by atoms with E-state index in [2.05, 4.69) is 9.97 Å². The van der Waals surface area contributed by atoms with Crippen molar-refractivity contribution in [3.8, 4) is 0 Å². The Bertz CT molecular complexity index is 594. The summed E-state index contributed by atoms with van der Waals surface area (Å²) in [5.74, 6) is 0.760. The molecule has 0 N–H and O–H groups in total. The van der Waals surface area contributed by atoms with Crippen LogP contribution in [-0.4, -0.2) is 59.0 Å². The van der Waals surface area contributed by atoms with Gasteiger partial charge in [0.05, 0.1) is 6.04 Å². The number of carbonyl (C=O) groups is 1. The van der Waals surface area contributed by atoms with Crippen molar-refractivity contribution in [1.82, 2.24) is 14.9 Å². The summed E-state index contributed by atoms with van der Waals surface area (Å²) in [7, 11) is 1.95. The molecule has 1 fully saturated rings. The van der Waals surface area contributed by atoms with Gasteiger partial charge in [-0.25, -0.2) is 14.8 Å². The molecule has 0 aromatic carbocycles. The summed E-state index contributed by atoms with van der Waals surface area (Å²) in [4.78, 5) is 24.9. The number of carbonyl (C=O) groups excluding carboxylic acids is 1. The Hall–Kier alpha value is -1.21. The van der Waals surface area contributed by atoms with Crippen LogP contribution in [0, 0.1) is 0 Å². The molecule has 8 heteroatoms. The highest BCUT2D eigenvalue weighted by Gasteiger charge is 2.33. The van der Waals surface area contributed by atoms with Crippen molar-refractivity contribution in [1.29, 1.82) is 0 Å². The molecule has 1 aromatic rings. The lowest BCUT2D eigenvalue weighted by Gasteiger charge is -2.31. The fourth-order valence-electron chi connectivity index (χ4n) is 2.67. The minimum absolute atomic E-state index is 0.108. The SMILES string of the molecule is CSc1nc(Cl)cc(N(C)CC2CCCN2C(=O)OC(C)(C)C)n1. The first kappa shape index (κ1) is 19.1. The first-order valence-electron chi connectivity index (χ1n) is 7.99. The van der Waals surface area contributed by atoms with Crippen molar-refractivity contribution in [3.05, 3.63) is 11.2 Å². The molecule has 0 saturated carbocycles. The topological polar surface area (TPSA) is 58.6 Å². The largest absolute Gasteiger partial charge is 0.444 e. The highest BCUT2D eigenvalue weighted by Crippen LogP contribution is 2.24. The molecular formula is C16H25ClN4O2S. The molecule has 0 radical (unpaired) electrons. The Balaban J connectivity index is 2.06. The van der Waals surface area contributed by atoms with Crippen molar-refractivity contribution in [2.24, 2.45) is 0 Å². The Morgan fingerprint density at radius 3 is 2.83 bits per heavy atom. The van der Waals surface area contributed by atoms with E-state index in [0.717, 1.165) is 25.2 Å². The van der Waals surface area contributed by atoms with Gasteiger partial charge in [0.15, 0.2) is 5.16 Å². The maximum absolute atomic E-state index is 12.4. The lowest BCUT2D eigenvalue weighted by molar-refractivity contribution is 0.0232. The van der Waals surface area contributed by atoms with Crippen LogP contribution in [0.5, 0.6) is 0 Å². The van der Waals surface area contributed by atoms with E-state index in [4.69, 9.17) is 16.3 Å². The van der Waals surface area contributed by atoms with E-state index in [0.29, 0.717) is 16.9 Å². The summed E-state index contributed by atoms with van der Waals surface area (Å²) in [5, 5.41) is 1.06. The average molecular weight is 373 g/mol. The Labute approximate surface area is 152 Å². The highest BCUT2D eigenvalue weighted by molar-refractivity contribution is 7.98. The van der Waals surface area contributed by atoms with E-state index in [-0.39, 0.29) is 12.1 Å². The van der Waals surface area contributed by atoms with Crippen LogP contribution in [0.25, 0.3) is 0 Å². The van der Waals surface area contributed by atoms with Gasteiger partial charge in [0.2, 0.25) is 0 Å². The summed E-state index contributed by atoms with van der Waals surface area (Å²) >= 11 is 7.52. The first-order valence-corrected chi connectivity index (χ1v) is 9.59. The number of amides is 1. The molecule has 24 heavy (non-hydrogen) atoms. The predicted octanol–water partition coefficient (Wildman–Crippen LogP) is 3.69. The molecule has 1 atom stereocenters. The van der Waals surface area contributed by atoms with Crippen LogP contribution in [0.15, 0.2) is 11.2 Å². The molecule has 0 aliphatic carbocycles. The number of likely N-dealkylation sites (tertiary alicyclic amines) is 1. The summed E-state index contributed by atoms with van der Waals surface area (Å²) in [6, 6.07) is 1.85. The fourth-order valence-corrected chi connectivity index (χ4v) is 3.27. The van der Waals surface area contributed by atoms with Gasteiger partial charge in [-0.05, 0) is 39.9 Å². The van der Waals surface area contributed by atoms with Crippen molar-refractivity contribution in [2.45, 2.75) is 50.4 Å². The van der Waals surface area contributed by atoms with E-state index >= 15 is 0 Å². The monoisotopic (exact) mass is 372 g/mol. The zero-order valence-corrected chi connectivity index (χ0v) is 16.4. The molecule has 0 spiro atoms. The lowest BCUT2D eigenvalue weighted by Crippen LogP contribution is -2.44. The third-order valence-corrected chi connectivity index (χ3v) is 4.47. The maximum Gasteiger partial charge on any atom is 0.410 e. The maximum atomic E-state index is 12.4. The van der Waals surface area contributed by atoms with E-state index in [9.17, 15) is 4.79 Å². The molecule has 2 rings (SSSR count). The number of nitrogens with zero attached hydrogens (tertiary/aromatic N) is 4. The van der Waals surface area contributed by atoms with Crippen molar-refractivity contribution >= 4 is 35.3 Å². The van der Waals surface area contributed by atoms with Crippen LogP contribution >= 0.6 is 23.4 Å². The first-order chi connectivity index (χ1) is 11.2. The molecule has 2 heterocycles. The molecule has 0 bridgehead atoms. The van der Waals surface area contributed by atoms with Gasteiger partial charge in [-0.1, -0.05) is 23.4 Å². The number of halogens is 1. The number of ether oxygens (including phenoxy) is 1. The zero-order valence-electron chi connectivity index (χ0n) is 14.9. The standard InChI is InChI=1S/C16H25ClN4O2S/c1-16(2,3)23-15(22)21-8-6-7-11(21)10-20(4)13-9-12(17)18-14(19-13)24-5/h9,11H,6-8,10H2,1-5H3. The number of hydrogen-bond acceptors (Lipinski definition) is 6. The van der Waals surface area contributed by atoms with Crippen molar-refractivity contribution in [2.75, 3.05) is 31.3 Å². The van der Waals surface area contributed by atoms with Gasteiger partial charge >= 0.3 is 6.09 Å². The third kappa shape index (κ3) is 5.14. The van der Waals surface area contributed by atoms with Crippen LogP contribution in [-0.2, 0) is 4.74 Å². The summed E-state index contributed by atoms with van der Waals surface area (Å²) in [6.07, 6.45) is 3.61. The van der Waals surface area contributed by atoms with Gasteiger partial charge < -0.3 is 14.5 Å². The summed E-state index contributed by atoms with van der Waals surface area (Å²) in [5.41, 5.74) is -0.483. The van der Waals surface area contributed by atoms with E-state index < -0.39 is 5.60 Å². The molecule has 1 aromatic heterocycles. The zero-order chi connectivity index (χ0) is 17.9. The number of anilines is 1. The van der Waals surface area contributed by atoms with E-state index in [1.165, 1.54) is 11.8 Å². The average Bonchev–Trinajstić information content (AvgIpc) is 2.93. The van der Waals surface area contributed by atoms with Gasteiger partial charge in [0.25, 0.3) is 0 Å². The van der Waals surface area contributed by atoms with E-state index in [1.807, 2.05) is 43.9 Å². The fraction of sp³-hybridized carbons (Fsp3) is 0.688. The molecule has 1 aliphatic rings. The predicted molar refractivity (Wildman–Crippen MR) is 98.1 cm³/mol. The number of thioether (sulfide) groups is 1. The van der Waals surface area contributed by atoms with Crippen LogP contribution < -0.4 is 4.90 Å². The Morgan fingerprint density at radius 2 is 2.21 bits per heavy atom. The highest BCUT2D eigenvalue weighted by atomic mass is 35.5. The number of hydrogen-bond donors (Lipinski definition) is 0. The molecule has 1 aliphatic heterocycles. The van der Waals surface area contributed by atoms with Gasteiger partial charge in [0, 0.05) is 26.2 Å². The van der Waals surface area contributed by atoms with Crippen LogP contribution in [0.3, 0.4) is 0 Å². The molecule has 1 amide bonds. The number of aromatic nitrogens is 2. The van der Waals surface area contributed by atoms with Gasteiger partial charge in [-0.15, -0.1) is 0 Å². The van der Waals surface area contributed by atoms with Crippen molar-refractivity contribution in [3.63, 3.8) is 0 Å². The van der Waals surface area contributed by atoms with Gasteiger partial charge in [0.1, 0.15) is 16.6 Å². The smallest absolute Gasteiger partial charge is 0.410 e. The molecule has 6 nitrogen and oxygen atoms in total. The summed E-state index contributed by atoms with van der Waals surface area (Å²) < 4.78 is 5.51. The van der Waals surface area contributed by atoms with Gasteiger partial charge in [-0.2, -0.15) is 0 Å². The number of likely N-dealkylation sites (N-methyl/N-ethyl adjacent to an activating group) is 1. The molecule has 134 valence electrons. The Morgan fingerprint density at radius 1 is 1.50 bits per heavy atom. The Kier molecular flexibility index (Phi) is 6.20. The molecular weight excluding hydrogens is 348 g/mol. The van der Waals surface area contributed by atoms with Crippen LogP contribution in [0.1, 0.15) is 33.6 Å². The van der Waals surface area contributed by atoms with Crippen LogP contribution in [0.4, 0.5) is 10.6 Å². The molecule has 1 saturated heterocycles. The minimum Gasteiger partial charge on any atom is -0.444 e. The third-order valence-electron chi connectivity index (χ3n) is 3.72. The quantitative estimate of drug-likeness (QED) is 0.456. The second-order valence-electron chi connectivity index (χ2n) is 6.89. The number of rotatable bonds is 4.